The number of halogens is 4. The Hall–Kier alpha value is -3.72. The van der Waals surface area contributed by atoms with Gasteiger partial charge in [-0.1, -0.05) is 0 Å². The Morgan fingerprint density at radius 1 is 1.19 bits per heavy atom. The third-order valence-electron chi connectivity index (χ3n) is 4.81. The number of nitriles is 1. The fourth-order valence-corrected chi connectivity index (χ4v) is 3.84. The summed E-state index contributed by atoms with van der Waals surface area (Å²) in [4.78, 5) is 26.0. The minimum atomic E-state index is -4.84. The van der Waals surface area contributed by atoms with Gasteiger partial charge < -0.3 is 10.0 Å². The summed E-state index contributed by atoms with van der Waals surface area (Å²) < 4.78 is 54.5. The Kier molecular flexibility index (Phi) is 5.56. The van der Waals surface area contributed by atoms with Crippen LogP contribution >= 0.6 is 12.2 Å². The van der Waals surface area contributed by atoms with Gasteiger partial charge in [0.25, 0.3) is 5.91 Å². The summed E-state index contributed by atoms with van der Waals surface area (Å²) in [5.41, 5.74) is -3.68. The molecule has 0 bridgehead atoms. The van der Waals surface area contributed by atoms with Gasteiger partial charge in [0.15, 0.2) is 5.11 Å². The Balaban J connectivity index is 2.08. The van der Waals surface area contributed by atoms with E-state index >= 15 is 0 Å². The fraction of sp³-hybridized carbons (Fsp3) is 0.200. The highest BCUT2D eigenvalue weighted by molar-refractivity contribution is 7.81. The maximum absolute atomic E-state index is 14.4. The molecule has 0 unspecified atom stereocenters. The first-order valence-electron chi connectivity index (χ1n) is 8.88. The van der Waals surface area contributed by atoms with E-state index in [9.17, 15) is 27.2 Å². The van der Waals surface area contributed by atoms with Gasteiger partial charge in [0.1, 0.15) is 11.4 Å². The normalized spacial score (nSPS) is 15.7. The van der Waals surface area contributed by atoms with E-state index in [2.05, 4.69) is 0 Å². The molecule has 32 heavy (non-hydrogen) atoms. The van der Waals surface area contributed by atoms with Gasteiger partial charge >= 0.3 is 12.3 Å². The number of rotatable bonds is 3. The second-order valence-electron chi connectivity index (χ2n) is 7.25. The van der Waals surface area contributed by atoms with Crippen molar-refractivity contribution >= 4 is 46.4 Å². The highest BCUT2D eigenvalue weighted by Gasteiger charge is 2.50. The lowest BCUT2D eigenvalue weighted by Gasteiger charge is -2.29. The molecule has 166 valence electrons. The summed E-state index contributed by atoms with van der Waals surface area (Å²) in [7, 11) is 0. The molecule has 7 nitrogen and oxygen atoms in total. The van der Waals surface area contributed by atoms with E-state index in [1.54, 1.807) is 0 Å². The lowest BCUT2D eigenvalue weighted by atomic mass is 10.0. The molecule has 0 aliphatic carbocycles. The molecule has 1 fully saturated rings. The molecule has 12 heteroatoms. The molecule has 0 spiro atoms. The zero-order valence-electron chi connectivity index (χ0n) is 16.5. The van der Waals surface area contributed by atoms with Crippen LogP contribution in [0.15, 0.2) is 36.4 Å². The number of benzene rings is 2. The molecule has 0 atom stereocenters. The zero-order valence-corrected chi connectivity index (χ0v) is 17.3. The van der Waals surface area contributed by atoms with Gasteiger partial charge in [-0.2, -0.15) is 18.4 Å². The van der Waals surface area contributed by atoms with Crippen molar-refractivity contribution in [3.05, 3.63) is 53.3 Å². The van der Waals surface area contributed by atoms with Crippen LogP contribution in [-0.4, -0.2) is 27.8 Å². The number of carbonyl (C=O) groups is 2. The van der Waals surface area contributed by atoms with Crippen molar-refractivity contribution in [2.45, 2.75) is 25.6 Å². The Morgan fingerprint density at radius 2 is 1.81 bits per heavy atom. The molecule has 2 aromatic carbocycles. The first-order chi connectivity index (χ1) is 14.8. The maximum atomic E-state index is 14.4. The standard InChI is InChI=1S/C20H14F4N4O3S/c1-19(2)16(29)27(11-4-3-10(9-25)13(7-11)20(22,23)24)18(32)28(19)12-5-6-15(14(21)8-12)26-17(30)31/h3-8,26H,1-2H3,(H,30,31). The van der Waals surface area contributed by atoms with E-state index < -0.39 is 40.7 Å². The van der Waals surface area contributed by atoms with Crippen LogP contribution in [0.25, 0.3) is 0 Å². The monoisotopic (exact) mass is 466 g/mol. The molecule has 3 rings (SSSR count). The molecule has 0 radical (unpaired) electrons. The van der Waals surface area contributed by atoms with Gasteiger partial charge in [-0.3, -0.25) is 15.0 Å². The Labute approximate surface area is 184 Å². The summed E-state index contributed by atoms with van der Waals surface area (Å²) in [6.45, 7) is 2.91. The number of hydrogen-bond donors (Lipinski definition) is 2. The highest BCUT2D eigenvalue weighted by atomic mass is 32.1. The SMILES string of the molecule is CC1(C)C(=O)N(c2ccc(C#N)c(C(F)(F)F)c2)C(=S)N1c1ccc(NC(=O)O)c(F)c1. The number of alkyl halides is 3. The van der Waals surface area contributed by atoms with Crippen LogP contribution in [0, 0.1) is 17.1 Å². The lowest BCUT2D eigenvalue weighted by molar-refractivity contribution is -0.137. The first-order valence-corrected chi connectivity index (χ1v) is 9.29. The number of carboxylic acid groups (broad SMARTS) is 1. The molecule has 2 aromatic rings. The predicted octanol–water partition coefficient (Wildman–Crippen LogP) is 4.72. The van der Waals surface area contributed by atoms with Gasteiger partial charge in [-0.25, -0.2) is 9.18 Å². The molecular formula is C20H14F4N4O3S. The number of carbonyl (C=O) groups excluding carboxylic acids is 1. The average Bonchev–Trinajstić information content (AvgIpc) is 2.86. The van der Waals surface area contributed by atoms with Crippen molar-refractivity contribution in [1.82, 2.24) is 0 Å². The van der Waals surface area contributed by atoms with E-state index in [4.69, 9.17) is 22.6 Å². The summed E-state index contributed by atoms with van der Waals surface area (Å²) in [6.07, 6.45) is -6.31. The summed E-state index contributed by atoms with van der Waals surface area (Å²) in [5, 5.41) is 19.4. The fourth-order valence-electron chi connectivity index (χ4n) is 3.32. The van der Waals surface area contributed by atoms with Crippen LogP contribution in [0.3, 0.4) is 0 Å². The van der Waals surface area contributed by atoms with Crippen molar-refractivity contribution in [1.29, 1.82) is 5.26 Å². The molecule has 2 N–H and O–H groups in total. The number of hydrogen-bond acceptors (Lipinski definition) is 4. The van der Waals surface area contributed by atoms with Crippen molar-refractivity contribution in [2.24, 2.45) is 0 Å². The summed E-state index contributed by atoms with van der Waals surface area (Å²) >= 11 is 5.35. The van der Waals surface area contributed by atoms with Crippen molar-refractivity contribution < 1.29 is 32.3 Å². The smallest absolute Gasteiger partial charge is 0.417 e. The second kappa shape index (κ2) is 7.76. The Bertz CT molecular complexity index is 1190. The third kappa shape index (κ3) is 3.82. The van der Waals surface area contributed by atoms with Gasteiger partial charge in [0.2, 0.25) is 0 Å². The minimum Gasteiger partial charge on any atom is -0.465 e. The zero-order chi connectivity index (χ0) is 24.0. The molecule has 1 saturated heterocycles. The largest absolute Gasteiger partial charge is 0.465 e. The molecule has 1 aliphatic rings. The van der Waals surface area contributed by atoms with Crippen molar-refractivity contribution in [3.63, 3.8) is 0 Å². The van der Waals surface area contributed by atoms with Crippen LogP contribution in [0.4, 0.5) is 39.4 Å². The van der Waals surface area contributed by atoms with Gasteiger partial charge in [-0.05, 0) is 62.5 Å². The second-order valence-corrected chi connectivity index (χ2v) is 7.62. The first kappa shape index (κ1) is 23.0. The number of thiocarbonyl (C=S) groups is 1. The Morgan fingerprint density at radius 3 is 2.34 bits per heavy atom. The molecule has 2 amide bonds. The quantitative estimate of drug-likeness (QED) is 0.502. The van der Waals surface area contributed by atoms with E-state index in [-0.39, 0.29) is 22.2 Å². The highest BCUT2D eigenvalue weighted by Crippen LogP contribution is 2.40. The van der Waals surface area contributed by atoms with Gasteiger partial charge in [0.05, 0.1) is 28.6 Å². The molecular weight excluding hydrogens is 452 g/mol. The van der Waals surface area contributed by atoms with Gasteiger partial charge in [-0.15, -0.1) is 0 Å². The van der Waals surface area contributed by atoms with Crippen LogP contribution in [-0.2, 0) is 11.0 Å². The van der Waals surface area contributed by atoms with E-state index in [1.165, 1.54) is 30.9 Å². The topological polar surface area (TPSA) is 96.7 Å². The number of nitrogens with one attached hydrogen (secondary N) is 1. The molecule has 1 aliphatic heterocycles. The number of nitrogens with zero attached hydrogens (tertiary/aromatic N) is 3. The van der Waals surface area contributed by atoms with Gasteiger partial charge in [0, 0.05) is 5.69 Å². The summed E-state index contributed by atoms with van der Waals surface area (Å²) in [6, 6.07) is 7.63. The molecule has 0 aromatic heterocycles. The molecule has 0 saturated carbocycles. The minimum absolute atomic E-state index is 0.0916. The van der Waals surface area contributed by atoms with Crippen LogP contribution in [0.5, 0.6) is 0 Å². The van der Waals surface area contributed by atoms with E-state index in [0.717, 1.165) is 29.2 Å². The van der Waals surface area contributed by atoms with E-state index in [0.29, 0.717) is 6.07 Å². The lowest BCUT2D eigenvalue weighted by Crippen LogP contribution is -2.44. The third-order valence-corrected chi connectivity index (χ3v) is 5.17. The maximum Gasteiger partial charge on any atom is 0.417 e. The number of anilines is 3. The van der Waals surface area contributed by atoms with Crippen molar-refractivity contribution in [3.8, 4) is 6.07 Å². The van der Waals surface area contributed by atoms with Crippen molar-refractivity contribution in [2.75, 3.05) is 15.1 Å². The van der Waals surface area contributed by atoms with Crippen LogP contribution in [0.1, 0.15) is 25.0 Å². The van der Waals surface area contributed by atoms with E-state index in [1.807, 2.05) is 5.32 Å². The average molecular weight is 466 g/mol. The predicted molar refractivity (Wildman–Crippen MR) is 111 cm³/mol. The van der Waals surface area contributed by atoms with Crippen LogP contribution < -0.4 is 15.1 Å². The summed E-state index contributed by atoms with van der Waals surface area (Å²) in [5.74, 6) is -1.61. The molecule has 1 heterocycles. The van der Waals surface area contributed by atoms with Crippen LogP contribution in [0.2, 0.25) is 0 Å². The number of amides is 2.